The standard InChI is InChI=1S/C9H17NO5S/c1-3-10(9(12)15-4-2)7-5-16(13,14)6-8(7)11/h7-8,11H,3-6H2,1-2H3/t7-,8-/m1/s1. The first-order chi connectivity index (χ1) is 7.41. The number of sulfone groups is 1. The molecule has 6 nitrogen and oxygen atoms in total. The fraction of sp³-hybridized carbons (Fsp3) is 0.889. The molecule has 1 rings (SSSR count). The SMILES string of the molecule is CCOC(=O)N(CC)[C@@H]1CS(=O)(=O)C[C@H]1O. The van der Waals surface area contributed by atoms with Crippen molar-refractivity contribution >= 4 is 15.9 Å². The molecule has 0 radical (unpaired) electrons. The summed E-state index contributed by atoms with van der Waals surface area (Å²) in [4.78, 5) is 12.8. The van der Waals surface area contributed by atoms with Gasteiger partial charge in [0.15, 0.2) is 9.84 Å². The van der Waals surface area contributed by atoms with Gasteiger partial charge < -0.3 is 14.7 Å². The quantitative estimate of drug-likeness (QED) is 0.739. The number of ether oxygens (including phenoxy) is 1. The zero-order valence-electron chi connectivity index (χ0n) is 9.42. The van der Waals surface area contributed by atoms with E-state index in [9.17, 15) is 18.3 Å². The van der Waals surface area contributed by atoms with Crippen LogP contribution in [-0.4, -0.2) is 61.3 Å². The van der Waals surface area contributed by atoms with E-state index in [1.54, 1.807) is 13.8 Å². The summed E-state index contributed by atoms with van der Waals surface area (Å²) in [6, 6.07) is -0.686. The first-order valence-electron chi connectivity index (χ1n) is 5.23. The molecule has 1 saturated heterocycles. The monoisotopic (exact) mass is 251 g/mol. The van der Waals surface area contributed by atoms with Gasteiger partial charge in [-0.15, -0.1) is 0 Å². The van der Waals surface area contributed by atoms with Crippen LogP contribution < -0.4 is 0 Å². The van der Waals surface area contributed by atoms with E-state index in [2.05, 4.69) is 0 Å². The number of aliphatic hydroxyl groups is 1. The van der Waals surface area contributed by atoms with Crippen LogP contribution in [0.25, 0.3) is 0 Å². The molecule has 16 heavy (non-hydrogen) atoms. The number of nitrogens with zero attached hydrogens (tertiary/aromatic N) is 1. The van der Waals surface area contributed by atoms with E-state index in [0.717, 1.165) is 0 Å². The summed E-state index contributed by atoms with van der Waals surface area (Å²) in [5, 5.41) is 9.61. The molecule has 1 fully saturated rings. The third-order valence-electron chi connectivity index (χ3n) is 2.54. The van der Waals surface area contributed by atoms with Gasteiger partial charge >= 0.3 is 6.09 Å². The van der Waals surface area contributed by atoms with Crippen LogP contribution in [0, 0.1) is 0 Å². The summed E-state index contributed by atoms with van der Waals surface area (Å²) in [5.74, 6) is -0.478. The fourth-order valence-corrected chi connectivity index (χ4v) is 3.61. The van der Waals surface area contributed by atoms with Gasteiger partial charge in [-0.1, -0.05) is 0 Å². The Hall–Kier alpha value is -0.820. The molecule has 94 valence electrons. The number of rotatable bonds is 3. The van der Waals surface area contributed by atoms with E-state index in [4.69, 9.17) is 4.74 Å². The van der Waals surface area contributed by atoms with Crippen molar-refractivity contribution in [2.24, 2.45) is 0 Å². The highest BCUT2D eigenvalue weighted by Crippen LogP contribution is 2.19. The molecule has 1 aliphatic rings. The minimum atomic E-state index is -3.25. The molecule has 2 atom stereocenters. The molecule has 0 spiro atoms. The van der Waals surface area contributed by atoms with E-state index >= 15 is 0 Å². The zero-order chi connectivity index (χ0) is 12.3. The van der Waals surface area contributed by atoms with Gasteiger partial charge in [0.1, 0.15) is 0 Å². The third-order valence-corrected chi connectivity index (χ3v) is 4.24. The van der Waals surface area contributed by atoms with Crippen molar-refractivity contribution in [3.8, 4) is 0 Å². The van der Waals surface area contributed by atoms with Crippen molar-refractivity contribution in [1.82, 2.24) is 4.90 Å². The van der Waals surface area contributed by atoms with Crippen LogP contribution >= 0.6 is 0 Å². The molecule has 1 aliphatic heterocycles. The molecule has 0 bridgehead atoms. The lowest BCUT2D eigenvalue weighted by Gasteiger charge is -2.27. The lowest BCUT2D eigenvalue weighted by molar-refractivity contribution is 0.0587. The average Bonchev–Trinajstić information content (AvgIpc) is 2.42. The van der Waals surface area contributed by atoms with Crippen LogP contribution in [0.4, 0.5) is 4.79 Å². The number of hydrogen-bond acceptors (Lipinski definition) is 5. The van der Waals surface area contributed by atoms with Gasteiger partial charge in [0.25, 0.3) is 0 Å². The number of carbonyl (C=O) groups is 1. The number of amides is 1. The number of hydrogen-bond donors (Lipinski definition) is 1. The van der Waals surface area contributed by atoms with Gasteiger partial charge in [0.05, 0.1) is 30.3 Å². The zero-order valence-corrected chi connectivity index (χ0v) is 10.2. The first kappa shape index (κ1) is 13.2. The summed E-state index contributed by atoms with van der Waals surface area (Å²) in [5.41, 5.74) is 0. The highest BCUT2D eigenvalue weighted by molar-refractivity contribution is 7.91. The van der Waals surface area contributed by atoms with Crippen LogP contribution in [0.1, 0.15) is 13.8 Å². The molecule has 0 aliphatic carbocycles. The minimum Gasteiger partial charge on any atom is -0.450 e. The molecule has 0 aromatic carbocycles. The Balaban J connectivity index is 2.78. The van der Waals surface area contributed by atoms with Gasteiger partial charge in [-0.05, 0) is 13.8 Å². The summed E-state index contributed by atoms with van der Waals surface area (Å²) >= 11 is 0. The molecule has 1 N–H and O–H groups in total. The second kappa shape index (κ2) is 5.01. The second-order valence-electron chi connectivity index (χ2n) is 3.70. The first-order valence-corrected chi connectivity index (χ1v) is 7.05. The Kier molecular flexibility index (Phi) is 4.15. The summed E-state index contributed by atoms with van der Waals surface area (Å²) in [6.45, 7) is 3.93. The molecule has 0 saturated carbocycles. The largest absolute Gasteiger partial charge is 0.450 e. The Labute approximate surface area is 95.1 Å². The van der Waals surface area contributed by atoms with E-state index in [0.29, 0.717) is 6.54 Å². The maximum absolute atomic E-state index is 11.5. The predicted octanol–water partition coefficient (Wildman–Crippen LogP) is -0.377. The lowest BCUT2D eigenvalue weighted by atomic mass is 10.2. The molecule has 1 amide bonds. The fourth-order valence-electron chi connectivity index (χ4n) is 1.81. The Morgan fingerprint density at radius 1 is 1.44 bits per heavy atom. The van der Waals surface area contributed by atoms with Crippen molar-refractivity contribution in [3.63, 3.8) is 0 Å². The van der Waals surface area contributed by atoms with Crippen molar-refractivity contribution < 1.29 is 23.1 Å². The summed E-state index contributed by atoms with van der Waals surface area (Å²) in [6.07, 6.45) is -1.60. The highest BCUT2D eigenvalue weighted by Gasteiger charge is 2.41. The lowest BCUT2D eigenvalue weighted by Crippen LogP contribution is -2.46. The third kappa shape index (κ3) is 2.85. The summed E-state index contributed by atoms with van der Waals surface area (Å²) in [7, 11) is -3.25. The van der Waals surface area contributed by atoms with Gasteiger partial charge in [0.2, 0.25) is 0 Å². The van der Waals surface area contributed by atoms with Crippen LogP contribution in [-0.2, 0) is 14.6 Å². The Bertz CT molecular complexity index is 353. The van der Waals surface area contributed by atoms with Crippen LogP contribution in [0.15, 0.2) is 0 Å². The molecule has 0 unspecified atom stereocenters. The molecule has 0 aromatic heterocycles. The van der Waals surface area contributed by atoms with Crippen LogP contribution in [0.3, 0.4) is 0 Å². The van der Waals surface area contributed by atoms with Gasteiger partial charge in [-0.3, -0.25) is 0 Å². The normalized spacial score (nSPS) is 27.7. The van der Waals surface area contributed by atoms with Gasteiger partial charge in [-0.2, -0.15) is 0 Å². The maximum atomic E-state index is 11.5. The number of likely N-dealkylation sites (N-methyl/N-ethyl adjacent to an activating group) is 1. The van der Waals surface area contributed by atoms with Crippen molar-refractivity contribution in [3.05, 3.63) is 0 Å². The predicted molar refractivity (Wildman–Crippen MR) is 57.9 cm³/mol. The smallest absolute Gasteiger partial charge is 0.410 e. The van der Waals surface area contributed by atoms with E-state index in [1.165, 1.54) is 4.90 Å². The van der Waals surface area contributed by atoms with Crippen molar-refractivity contribution in [2.75, 3.05) is 24.7 Å². The Morgan fingerprint density at radius 2 is 2.06 bits per heavy atom. The molecule has 0 aromatic rings. The highest BCUT2D eigenvalue weighted by atomic mass is 32.2. The topological polar surface area (TPSA) is 83.9 Å². The van der Waals surface area contributed by atoms with Crippen molar-refractivity contribution in [1.29, 1.82) is 0 Å². The average molecular weight is 251 g/mol. The summed E-state index contributed by atoms with van der Waals surface area (Å²) < 4.78 is 27.4. The van der Waals surface area contributed by atoms with Crippen molar-refractivity contribution in [2.45, 2.75) is 26.0 Å². The van der Waals surface area contributed by atoms with Crippen LogP contribution in [0.5, 0.6) is 0 Å². The molecular formula is C9H17NO5S. The van der Waals surface area contributed by atoms with Gasteiger partial charge in [-0.25, -0.2) is 13.2 Å². The second-order valence-corrected chi connectivity index (χ2v) is 5.85. The minimum absolute atomic E-state index is 0.194. The number of carbonyl (C=O) groups excluding carboxylic acids is 1. The Morgan fingerprint density at radius 3 is 2.44 bits per heavy atom. The molecule has 7 heteroatoms. The van der Waals surface area contributed by atoms with Gasteiger partial charge in [0, 0.05) is 6.54 Å². The molecular weight excluding hydrogens is 234 g/mol. The molecule has 1 heterocycles. The number of aliphatic hydroxyl groups excluding tert-OH is 1. The van der Waals surface area contributed by atoms with E-state index in [-0.39, 0.29) is 18.1 Å². The van der Waals surface area contributed by atoms with E-state index in [1.807, 2.05) is 0 Å². The van der Waals surface area contributed by atoms with Crippen LogP contribution in [0.2, 0.25) is 0 Å². The maximum Gasteiger partial charge on any atom is 0.410 e. The van der Waals surface area contributed by atoms with E-state index < -0.39 is 28.1 Å².